The second-order valence-electron chi connectivity index (χ2n) is 8.06. The molecule has 8 nitrogen and oxygen atoms in total. The van der Waals surface area contributed by atoms with Crippen LogP contribution < -0.4 is 4.90 Å². The van der Waals surface area contributed by atoms with Crippen LogP contribution in [0.2, 0.25) is 0 Å². The summed E-state index contributed by atoms with van der Waals surface area (Å²) in [5, 5.41) is 22.1. The van der Waals surface area contributed by atoms with Crippen LogP contribution in [0, 0.1) is 16.7 Å². The standard InChI is InChI=1S/C22H25N6O2P/c1-14(24)19(15(2)31)13-26-12-18(10-25-26)28-20(29)22(3,4)27(21(28)30)11-17-7-5-16(9-23)6-8-17/h5-8,10,12,24H,11,13,31H2,1-4H3/b19-15-,24-14?. The Kier molecular flexibility index (Phi) is 6.10. The van der Waals surface area contributed by atoms with E-state index >= 15 is 0 Å². The van der Waals surface area contributed by atoms with Crippen LogP contribution in [0.4, 0.5) is 10.5 Å². The van der Waals surface area contributed by atoms with Crippen LogP contribution in [0.25, 0.3) is 0 Å². The molecule has 1 fully saturated rings. The van der Waals surface area contributed by atoms with Gasteiger partial charge < -0.3 is 10.3 Å². The highest BCUT2D eigenvalue weighted by Crippen LogP contribution is 2.33. The van der Waals surface area contributed by atoms with Crippen molar-refractivity contribution in [2.75, 3.05) is 4.90 Å². The van der Waals surface area contributed by atoms with E-state index in [-0.39, 0.29) is 12.5 Å². The molecular weight excluding hydrogens is 411 g/mol. The molecule has 1 aliphatic heterocycles. The quantitative estimate of drug-likeness (QED) is 0.423. The van der Waals surface area contributed by atoms with Crippen molar-refractivity contribution in [3.8, 4) is 6.07 Å². The summed E-state index contributed by atoms with van der Waals surface area (Å²) < 4.78 is 1.62. The summed E-state index contributed by atoms with van der Waals surface area (Å²) in [5.74, 6) is -0.327. The van der Waals surface area contributed by atoms with Crippen LogP contribution in [0.5, 0.6) is 0 Å². The minimum Gasteiger partial charge on any atom is -0.305 e. The van der Waals surface area contributed by atoms with Crippen LogP contribution >= 0.6 is 9.24 Å². The lowest BCUT2D eigenvalue weighted by Gasteiger charge is -2.27. The fourth-order valence-corrected chi connectivity index (χ4v) is 3.76. The number of anilines is 1. The van der Waals surface area contributed by atoms with Gasteiger partial charge in [0.15, 0.2) is 0 Å². The third kappa shape index (κ3) is 4.28. The van der Waals surface area contributed by atoms with Gasteiger partial charge in [-0.15, -0.1) is 9.24 Å². The summed E-state index contributed by atoms with van der Waals surface area (Å²) >= 11 is 0. The predicted octanol–water partition coefficient (Wildman–Crippen LogP) is 3.69. The van der Waals surface area contributed by atoms with Crippen LogP contribution in [-0.2, 0) is 17.9 Å². The van der Waals surface area contributed by atoms with E-state index in [0.29, 0.717) is 23.5 Å². The highest BCUT2D eigenvalue weighted by atomic mass is 31.0. The number of nitrogens with one attached hydrogen (secondary N) is 1. The molecule has 1 atom stereocenters. The SMILES string of the molecule is CC(=N)/C(Cn1cc(N2C(=O)N(Cc3ccc(C#N)cc3)C(C)(C)C2=O)cn1)=C(/C)P. The van der Waals surface area contributed by atoms with Crippen molar-refractivity contribution in [3.63, 3.8) is 0 Å². The van der Waals surface area contributed by atoms with E-state index in [0.717, 1.165) is 21.4 Å². The number of imide groups is 1. The fraction of sp³-hybridized carbons (Fsp3) is 0.318. The molecule has 1 aromatic heterocycles. The molecule has 1 aliphatic rings. The molecule has 31 heavy (non-hydrogen) atoms. The summed E-state index contributed by atoms with van der Waals surface area (Å²) in [7, 11) is 2.59. The summed E-state index contributed by atoms with van der Waals surface area (Å²) in [5.41, 5.74) is 2.00. The summed E-state index contributed by atoms with van der Waals surface area (Å²) in [4.78, 5) is 29.0. The van der Waals surface area contributed by atoms with E-state index in [4.69, 9.17) is 10.7 Å². The molecule has 0 aliphatic carbocycles. The monoisotopic (exact) mass is 436 g/mol. The average Bonchev–Trinajstić information content (AvgIpc) is 3.23. The molecule has 0 bridgehead atoms. The van der Waals surface area contributed by atoms with Gasteiger partial charge in [0.05, 0.1) is 30.1 Å². The van der Waals surface area contributed by atoms with Gasteiger partial charge in [-0.2, -0.15) is 10.4 Å². The van der Waals surface area contributed by atoms with E-state index in [1.807, 2.05) is 6.92 Å². The Morgan fingerprint density at radius 2 is 1.87 bits per heavy atom. The van der Waals surface area contributed by atoms with Crippen LogP contribution in [0.1, 0.15) is 38.8 Å². The van der Waals surface area contributed by atoms with Gasteiger partial charge in [0.25, 0.3) is 5.91 Å². The first-order chi connectivity index (χ1) is 14.6. The number of hydrogen-bond donors (Lipinski definition) is 1. The lowest BCUT2D eigenvalue weighted by Crippen LogP contribution is -2.43. The predicted molar refractivity (Wildman–Crippen MR) is 122 cm³/mol. The van der Waals surface area contributed by atoms with Crippen LogP contribution in [0.15, 0.2) is 47.5 Å². The average molecular weight is 436 g/mol. The second-order valence-corrected chi connectivity index (χ2v) is 8.93. The Morgan fingerprint density at radius 1 is 1.23 bits per heavy atom. The number of carbonyl (C=O) groups excluding carboxylic acids is 2. The number of carbonyl (C=O) groups is 2. The molecule has 2 aromatic rings. The van der Waals surface area contributed by atoms with Gasteiger partial charge in [-0.1, -0.05) is 12.1 Å². The van der Waals surface area contributed by atoms with Crippen LogP contribution in [-0.4, -0.2) is 37.9 Å². The second kappa shape index (κ2) is 8.44. The number of allylic oxidation sites excluding steroid dienone is 2. The minimum absolute atomic E-state index is 0.250. The molecule has 0 radical (unpaired) electrons. The van der Waals surface area contributed by atoms with Crippen molar-refractivity contribution in [3.05, 3.63) is 58.7 Å². The molecule has 1 unspecified atom stereocenters. The summed E-state index contributed by atoms with van der Waals surface area (Å²) in [6.07, 6.45) is 3.14. The van der Waals surface area contributed by atoms with Crippen molar-refractivity contribution in [1.82, 2.24) is 14.7 Å². The van der Waals surface area contributed by atoms with Gasteiger partial charge >= 0.3 is 6.03 Å². The maximum Gasteiger partial charge on any atom is 0.332 e. The summed E-state index contributed by atoms with van der Waals surface area (Å²) in [6, 6.07) is 8.60. The van der Waals surface area contributed by atoms with E-state index in [2.05, 4.69) is 20.4 Å². The maximum atomic E-state index is 13.2. The number of rotatable bonds is 6. The zero-order chi connectivity index (χ0) is 22.9. The normalized spacial score (nSPS) is 16.4. The van der Waals surface area contributed by atoms with Crippen molar-refractivity contribution < 1.29 is 9.59 Å². The minimum atomic E-state index is -1.03. The van der Waals surface area contributed by atoms with E-state index in [1.165, 1.54) is 11.1 Å². The van der Waals surface area contributed by atoms with Gasteiger partial charge in [0.2, 0.25) is 0 Å². The first-order valence-electron chi connectivity index (χ1n) is 9.74. The van der Waals surface area contributed by atoms with Gasteiger partial charge in [-0.3, -0.25) is 9.48 Å². The molecule has 2 heterocycles. The van der Waals surface area contributed by atoms with Gasteiger partial charge in [0.1, 0.15) is 5.54 Å². The molecule has 1 N–H and O–H groups in total. The lowest BCUT2D eigenvalue weighted by atomic mass is 10.0. The van der Waals surface area contributed by atoms with E-state index < -0.39 is 11.6 Å². The van der Waals surface area contributed by atoms with Crippen molar-refractivity contribution in [1.29, 1.82) is 10.7 Å². The van der Waals surface area contributed by atoms with Crippen molar-refractivity contribution in [2.24, 2.45) is 0 Å². The molecule has 1 saturated heterocycles. The third-order valence-electron chi connectivity index (χ3n) is 5.37. The van der Waals surface area contributed by atoms with Crippen molar-refractivity contribution in [2.45, 2.75) is 46.3 Å². The zero-order valence-electron chi connectivity index (χ0n) is 18.0. The lowest BCUT2D eigenvalue weighted by molar-refractivity contribution is -0.123. The van der Waals surface area contributed by atoms with Gasteiger partial charge in [-0.05, 0) is 56.3 Å². The number of urea groups is 1. The Balaban J connectivity index is 1.86. The number of aromatic nitrogens is 2. The van der Waals surface area contributed by atoms with Crippen LogP contribution in [0.3, 0.4) is 0 Å². The summed E-state index contributed by atoms with van der Waals surface area (Å²) in [6.45, 7) is 7.68. The van der Waals surface area contributed by atoms with Gasteiger partial charge in [-0.25, -0.2) is 9.69 Å². The highest BCUT2D eigenvalue weighted by Gasteiger charge is 2.52. The number of nitrogens with zero attached hydrogens (tertiary/aromatic N) is 5. The molecular formula is C22H25N6O2P. The molecule has 1 aromatic carbocycles. The molecule has 160 valence electrons. The molecule has 3 amide bonds. The number of benzene rings is 1. The first kappa shape index (κ1) is 22.4. The highest BCUT2D eigenvalue weighted by molar-refractivity contribution is 7.22. The number of amides is 3. The molecule has 0 spiro atoms. The Labute approximate surface area is 183 Å². The Morgan fingerprint density at radius 3 is 2.42 bits per heavy atom. The zero-order valence-corrected chi connectivity index (χ0v) is 19.2. The smallest absolute Gasteiger partial charge is 0.305 e. The van der Waals surface area contributed by atoms with Crippen molar-refractivity contribution >= 4 is 32.6 Å². The fourth-order valence-electron chi connectivity index (χ4n) is 3.45. The number of nitriles is 1. The van der Waals surface area contributed by atoms with E-state index in [9.17, 15) is 9.59 Å². The first-order valence-corrected chi connectivity index (χ1v) is 10.3. The number of hydrogen-bond acceptors (Lipinski definition) is 5. The Hall–Kier alpha value is -3.30. The molecule has 0 saturated carbocycles. The van der Waals surface area contributed by atoms with Gasteiger partial charge in [0, 0.05) is 18.5 Å². The largest absolute Gasteiger partial charge is 0.332 e. The Bertz CT molecular complexity index is 1120. The maximum absolute atomic E-state index is 13.2. The van der Waals surface area contributed by atoms with E-state index in [1.54, 1.807) is 55.9 Å². The third-order valence-corrected chi connectivity index (χ3v) is 5.72. The molecule has 3 rings (SSSR count). The molecule has 9 heteroatoms. The topological polar surface area (TPSA) is 106 Å².